The number of hydrogen-bond acceptors (Lipinski definition) is 6. The molecule has 16 heteroatoms. The Balaban J connectivity index is 1.77. The van der Waals surface area contributed by atoms with E-state index in [-0.39, 0.29) is 48.6 Å². The molecule has 0 saturated carbocycles. The van der Waals surface area contributed by atoms with Gasteiger partial charge < -0.3 is 19.7 Å². The molecule has 3 heterocycles. The fourth-order valence-electron chi connectivity index (χ4n) is 4.98. The maximum atomic E-state index is 13.6. The predicted octanol–water partition coefficient (Wildman–Crippen LogP) is 4.32. The Morgan fingerprint density at radius 1 is 1.12 bits per heavy atom. The third-order valence-corrected chi connectivity index (χ3v) is 6.59. The molecule has 1 aliphatic rings. The summed E-state index contributed by atoms with van der Waals surface area (Å²) in [7, 11) is 2.95. The molecular formula is C25H26F6N6O4. The number of carbonyl (C=O) groups is 2. The van der Waals surface area contributed by atoms with E-state index in [9.17, 15) is 35.9 Å². The number of carboxylic acid groups (broad SMARTS) is 1. The molecule has 0 saturated heterocycles. The largest absolute Gasteiger partial charge is 0.496 e. The number of tetrazole rings is 1. The number of carboxylic acids is 1. The zero-order chi connectivity index (χ0) is 30.1. The van der Waals surface area contributed by atoms with Crippen molar-refractivity contribution in [2.24, 2.45) is 7.05 Å². The molecule has 0 unspecified atom stereocenters. The van der Waals surface area contributed by atoms with Gasteiger partial charge in [0.25, 0.3) is 5.91 Å². The van der Waals surface area contributed by atoms with E-state index in [1.54, 1.807) is 12.1 Å². The van der Waals surface area contributed by atoms with Crippen molar-refractivity contribution in [3.8, 4) is 28.4 Å². The van der Waals surface area contributed by atoms with Gasteiger partial charge in [0.05, 0.1) is 38.3 Å². The summed E-state index contributed by atoms with van der Waals surface area (Å²) < 4.78 is 87.3. The molecule has 1 amide bonds. The molecular weight excluding hydrogens is 562 g/mol. The molecule has 0 aliphatic carbocycles. The number of hydrogen-bond donors (Lipinski definition) is 2. The number of nitrogens with one attached hydrogen (secondary N) is 1. The molecule has 2 N–H and O–H groups in total. The van der Waals surface area contributed by atoms with Gasteiger partial charge in [-0.1, -0.05) is 0 Å². The van der Waals surface area contributed by atoms with Crippen LogP contribution < -0.4 is 10.1 Å². The molecule has 0 spiro atoms. The van der Waals surface area contributed by atoms with E-state index >= 15 is 0 Å². The fourth-order valence-corrected chi connectivity index (χ4v) is 4.98. The highest BCUT2D eigenvalue weighted by atomic mass is 19.4. The van der Waals surface area contributed by atoms with E-state index in [0.29, 0.717) is 22.4 Å². The molecule has 1 atom stereocenters. The van der Waals surface area contributed by atoms with Gasteiger partial charge in [-0.2, -0.15) is 31.1 Å². The number of rotatable bonds is 10. The first-order chi connectivity index (χ1) is 19.1. The third kappa shape index (κ3) is 7.16. The smallest absolute Gasteiger partial charge is 0.393 e. The van der Waals surface area contributed by atoms with Crippen molar-refractivity contribution in [3.63, 3.8) is 0 Å². The lowest BCUT2D eigenvalue weighted by Gasteiger charge is -2.25. The van der Waals surface area contributed by atoms with E-state index in [4.69, 9.17) is 9.84 Å². The number of aromatic nitrogens is 5. The minimum absolute atomic E-state index is 0.0811. The van der Waals surface area contributed by atoms with Crippen molar-refractivity contribution in [1.29, 1.82) is 0 Å². The van der Waals surface area contributed by atoms with E-state index in [1.165, 1.54) is 23.5 Å². The first-order valence-electron chi connectivity index (χ1n) is 12.5. The van der Waals surface area contributed by atoms with Gasteiger partial charge in [-0.3, -0.25) is 9.59 Å². The quantitative estimate of drug-likeness (QED) is 0.338. The molecule has 41 heavy (non-hydrogen) atoms. The molecule has 0 bridgehead atoms. The summed E-state index contributed by atoms with van der Waals surface area (Å²) in [5, 5.41) is 23.0. The minimum Gasteiger partial charge on any atom is -0.496 e. The van der Waals surface area contributed by atoms with Crippen molar-refractivity contribution in [2.45, 2.75) is 63.5 Å². The van der Waals surface area contributed by atoms with E-state index in [1.807, 2.05) is 0 Å². The number of halogens is 6. The average molecular weight is 589 g/mol. The SMILES string of the molecule is COc1cc2c(cc1-c1nnn(C)n1)-c1c(CC(F)(F)F)cc(C(=O)N[C@@H](CCCC(=O)O)CC(F)(F)F)n1CC2. The second-order valence-electron chi connectivity index (χ2n) is 9.68. The first kappa shape index (κ1) is 29.9. The topological polar surface area (TPSA) is 124 Å². The van der Waals surface area contributed by atoms with Gasteiger partial charge in [-0.05, 0) is 53.8 Å². The van der Waals surface area contributed by atoms with E-state index < -0.39 is 49.5 Å². The van der Waals surface area contributed by atoms with Gasteiger partial charge in [-0.15, -0.1) is 10.2 Å². The van der Waals surface area contributed by atoms with Crippen molar-refractivity contribution in [3.05, 3.63) is 35.0 Å². The predicted molar refractivity (Wildman–Crippen MR) is 131 cm³/mol. The summed E-state index contributed by atoms with van der Waals surface area (Å²) in [4.78, 5) is 25.3. The zero-order valence-corrected chi connectivity index (χ0v) is 21.9. The number of carbonyl (C=O) groups excluding carboxylic acids is 1. The number of alkyl halides is 6. The van der Waals surface area contributed by atoms with Crippen LogP contribution in [0.1, 0.15) is 47.3 Å². The lowest BCUT2D eigenvalue weighted by molar-refractivity contribution is -0.140. The van der Waals surface area contributed by atoms with E-state index in [2.05, 4.69) is 20.7 Å². The van der Waals surface area contributed by atoms with Crippen LogP contribution >= 0.6 is 0 Å². The summed E-state index contributed by atoms with van der Waals surface area (Å²) in [5.41, 5.74) is 0.988. The van der Waals surface area contributed by atoms with Crippen LogP contribution in [0.25, 0.3) is 22.6 Å². The van der Waals surface area contributed by atoms with Crippen LogP contribution in [0.5, 0.6) is 5.75 Å². The number of nitrogens with zero attached hydrogens (tertiary/aromatic N) is 5. The van der Waals surface area contributed by atoms with E-state index in [0.717, 1.165) is 6.07 Å². The summed E-state index contributed by atoms with van der Waals surface area (Å²) in [6.45, 7) is 0.0811. The third-order valence-electron chi connectivity index (χ3n) is 6.59. The molecule has 222 valence electrons. The zero-order valence-electron chi connectivity index (χ0n) is 21.9. The van der Waals surface area contributed by atoms with Gasteiger partial charge in [0.1, 0.15) is 11.4 Å². The number of benzene rings is 1. The summed E-state index contributed by atoms with van der Waals surface area (Å²) in [6.07, 6.45) is -12.6. The highest BCUT2D eigenvalue weighted by Gasteiger charge is 2.36. The van der Waals surface area contributed by atoms with Gasteiger partial charge in [0, 0.05) is 24.6 Å². The van der Waals surface area contributed by atoms with Gasteiger partial charge in [-0.25, -0.2) is 0 Å². The highest BCUT2D eigenvalue weighted by Crippen LogP contribution is 2.42. The summed E-state index contributed by atoms with van der Waals surface area (Å²) >= 11 is 0. The van der Waals surface area contributed by atoms with Crippen molar-refractivity contribution >= 4 is 11.9 Å². The standard InChI is InChI=1S/C25H26F6N6O4/c1-36-34-22(33-35-36)17-10-16-13(9-19(17)41-2)6-7-37-18(8-14(21(16)37)11-24(26,27)28)23(40)32-15(12-25(29,30)31)4-3-5-20(38)39/h8-10,15H,3-7,11-12H2,1-2H3,(H,32,40)(H,38,39)/t15-/m0/s1. The maximum absolute atomic E-state index is 13.6. The van der Waals surface area contributed by atoms with Gasteiger partial charge in [0.15, 0.2) is 0 Å². The van der Waals surface area contributed by atoms with Gasteiger partial charge in [0.2, 0.25) is 5.82 Å². The van der Waals surface area contributed by atoms with Crippen LogP contribution in [0, 0.1) is 0 Å². The number of methoxy groups -OCH3 is 1. The Bertz CT molecular complexity index is 1450. The Morgan fingerprint density at radius 3 is 2.44 bits per heavy atom. The molecule has 2 aromatic heterocycles. The van der Waals surface area contributed by atoms with Crippen LogP contribution in [-0.2, 0) is 31.2 Å². The number of fused-ring (bicyclic) bond motifs is 3. The Kier molecular flexibility index (Phi) is 8.31. The number of amides is 1. The van der Waals surface area contributed by atoms with Crippen LogP contribution in [-0.4, -0.2) is 67.3 Å². The second kappa shape index (κ2) is 11.4. The number of ether oxygens (including phenoxy) is 1. The Labute approximate surface area is 229 Å². The highest BCUT2D eigenvalue weighted by molar-refractivity contribution is 5.95. The molecule has 3 aromatic rings. The van der Waals surface area contributed by atoms with Gasteiger partial charge >= 0.3 is 18.3 Å². The molecule has 1 aliphatic heterocycles. The van der Waals surface area contributed by atoms with Crippen LogP contribution in [0.4, 0.5) is 26.3 Å². The Hall–Kier alpha value is -4.11. The normalized spacial score (nSPS) is 13.9. The molecule has 0 radical (unpaired) electrons. The van der Waals surface area contributed by atoms with Crippen molar-refractivity contribution in [1.82, 2.24) is 30.1 Å². The number of aliphatic carboxylic acids is 1. The molecule has 4 rings (SSSR count). The van der Waals surface area contributed by atoms with Crippen molar-refractivity contribution in [2.75, 3.05) is 7.11 Å². The average Bonchev–Trinajstić information content (AvgIpc) is 3.44. The molecule has 10 nitrogen and oxygen atoms in total. The van der Waals surface area contributed by atoms with Crippen LogP contribution in [0.3, 0.4) is 0 Å². The van der Waals surface area contributed by atoms with Crippen LogP contribution in [0.15, 0.2) is 18.2 Å². The molecule has 0 fully saturated rings. The lowest BCUT2D eigenvalue weighted by atomic mass is 9.92. The minimum atomic E-state index is -4.66. The number of aryl methyl sites for hydroxylation is 2. The van der Waals surface area contributed by atoms with Crippen LogP contribution in [0.2, 0.25) is 0 Å². The lowest BCUT2D eigenvalue weighted by Crippen LogP contribution is -2.39. The van der Waals surface area contributed by atoms with Crippen molar-refractivity contribution < 1.29 is 45.8 Å². The fraction of sp³-hybridized carbons (Fsp3) is 0.480. The summed E-state index contributed by atoms with van der Waals surface area (Å²) in [5.74, 6) is -1.67. The maximum Gasteiger partial charge on any atom is 0.393 e. The monoisotopic (exact) mass is 588 g/mol. The first-order valence-corrected chi connectivity index (χ1v) is 12.5. The summed E-state index contributed by atoms with van der Waals surface area (Å²) in [6, 6.07) is 2.78. The molecule has 1 aromatic carbocycles. The Morgan fingerprint density at radius 2 is 1.85 bits per heavy atom. The second-order valence-corrected chi connectivity index (χ2v) is 9.68.